The summed E-state index contributed by atoms with van der Waals surface area (Å²) in [6, 6.07) is 15.6. The van der Waals surface area contributed by atoms with Crippen molar-refractivity contribution in [3.05, 3.63) is 59.7 Å². The van der Waals surface area contributed by atoms with E-state index in [1.54, 1.807) is 7.11 Å². The third kappa shape index (κ3) is 5.66. The quantitative estimate of drug-likeness (QED) is 0.773. The maximum absolute atomic E-state index is 12.0. The van der Waals surface area contributed by atoms with E-state index >= 15 is 0 Å². The summed E-state index contributed by atoms with van der Waals surface area (Å²) >= 11 is 0. The van der Waals surface area contributed by atoms with Gasteiger partial charge in [0.15, 0.2) is 0 Å². The smallest absolute Gasteiger partial charge is 0.224 e. The number of rotatable bonds is 7. The van der Waals surface area contributed by atoms with E-state index in [4.69, 9.17) is 10.5 Å². The molecule has 4 nitrogen and oxygen atoms in total. The van der Waals surface area contributed by atoms with Gasteiger partial charge < -0.3 is 15.8 Å². The number of nitrogens with one attached hydrogen (secondary N) is 1. The van der Waals surface area contributed by atoms with Crippen LogP contribution >= 0.6 is 0 Å². The van der Waals surface area contributed by atoms with E-state index in [1.807, 2.05) is 43.3 Å². The molecule has 0 bridgehead atoms. The van der Waals surface area contributed by atoms with Crippen LogP contribution in [0, 0.1) is 0 Å². The topological polar surface area (TPSA) is 64.3 Å². The van der Waals surface area contributed by atoms with Crippen LogP contribution in [-0.4, -0.2) is 19.1 Å². The van der Waals surface area contributed by atoms with Gasteiger partial charge in [-0.1, -0.05) is 24.3 Å². The highest BCUT2D eigenvalue weighted by atomic mass is 16.5. The molecule has 0 aromatic heterocycles. The van der Waals surface area contributed by atoms with Crippen molar-refractivity contribution in [3.8, 4) is 5.75 Å². The molecule has 4 heteroatoms. The number of aryl methyl sites for hydroxylation is 1. The molecule has 0 saturated carbocycles. The van der Waals surface area contributed by atoms with Gasteiger partial charge in [-0.15, -0.1) is 0 Å². The number of hydrogen-bond acceptors (Lipinski definition) is 3. The molecule has 2 aromatic carbocycles. The van der Waals surface area contributed by atoms with E-state index in [2.05, 4.69) is 17.4 Å². The maximum atomic E-state index is 12.0. The summed E-state index contributed by atoms with van der Waals surface area (Å²) in [6.45, 7) is 2.03. The molecule has 0 fully saturated rings. The Balaban J connectivity index is 1.75. The van der Waals surface area contributed by atoms with Gasteiger partial charge in [-0.3, -0.25) is 4.79 Å². The number of ether oxygens (including phenoxy) is 1. The molecule has 0 aliphatic rings. The monoisotopic (exact) mass is 312 g/mol. The van der Waals surface area contributed by atoms with Gasteiger partial charge in [0.2, 0.25) is 5.91 Å². The molecule has 0 radical (unpaired) electrons. The van der Waals surface area contributed by atoms with E-state index in [1.165, 1.54) is 5.56 Å². The summed E-state index contributed by atoms with van der Waals surface area (Å²) in [5.41, 5.74) is 8.57. The van der Waals surface area contributed by atoms with Crippen LogP contribution in [0.15, 0.2) is 48.5 Å². The van der Waals surface area contributed by atoms with Crippen LogP contribution in [0.1, 0.15) is 24.5 Å². The molecular weight excluding hydrogens is 288 g/mol. The van der Waals surface area contributed by atoms with Crippen molar-refractivity contribution in [1.82, 2.24) is 5.32 Å². The van der Waals surface area contributed by atoms with Gasteiger partial charge in [0.05, 0.1) is 13.5 Å². The molecule has 2 rings (SSSR count). The molecule has 1 amide bonds. The number of benzene rings is 2. The summed E-state index contributed by atoms with van der Waals surface area (Å²) < 4.78 is 5.15. The summed E-state index contributed by atoms with van der Waals surface area (Å²) in [5.74, 6) is 0.899. The Hall–Kier alpha value is -2.49. The Morgan fingerprint density at radius 3 is 2.30 bits per heavy atom. The number of hydrogen-bond donors (Lipinski definition) is 2. The first kappa shape index (κ1) is 16.9. The lowest BCUT2D eigenvalue weighted by molar-refractivity contribution is -0.121. The van der Waals surface area contributed by atoms with Crippen LogP contribution < -0.4 is 15.8 Å². The second-order valence-electron chi connectivity index (χ2n) is 5.77. The fourth-order valence-electron chi connectivity index (χ4n) is 2.39. The van der Waals surface area contributed by atoms with Crippen molar-refractivity contribution >= 4 is 11.6 Å². The SMILES string of the molecule is COc1ccc(CCC(C)NC(=O)Cc2ccc(N)cc2)cc1. The second-order valence-corrected chi connectivity index (χ2v) is 5.77. The van der Waals surface area contributed by atoms with Crippen molar-refractivity contribution in [2.75, 3.05) is 12.8 Å². The Labute approximate surface area is 137 Å². The Bertz CT molecular complexity index is 621. The third-order valence-corrected chi connectivity index (χ3v) is 3.78. The molecule has 0 aliphatic heterocycles. The number of amides is 1. The Kier molecular flexibility index (Phi) is 6.03. The molecule has 0 heterocycles. The van der Waals surface area contributed by atoms with Gasteiger partial charge in [0.25, 0.3) is 0 Å². The summed E-state index contributed by atoms with van der Waals surface area (Å²) in [4.78, 5) is 12.0. The summed E-state index contributed by atoms with van der Waals surface area (Å²) in [7, 11) is 1.66. The standard InChI is InChI=1S/C19H24N2O2/c1-14(3-4-15-7-11-18(23-2)12-8-15)21-19(22)13-16-5-9-17(20)10-6-16/h5-12,14H,3-4,13,20H2,1-2H3,(H,21,22). The molecule has 0 aliphatic carbocycles. The van der Waals surface area contributed by atoms with Gasteiger partial charge in [0, 0.05) is 11.7 Å². The predicted molar refractivity (Wildman–Crippen MR) is 93.5 cm³/mol. The predicted octanol–water partition coefficient (Wildman–Crippen LogP) is 2.96. The average Bonchev–Trinajstić information content (AvgIpc) is 2.55. The van der Waals surface area contributed by atoms with E-state index in [0.29, 0.717) is 12.1 Å². The molecule has 2 aromatic rings. The van der Waals surface area contributed by atoms with Gasteiger partial charge >= 0.3 is 0 Å². The maximum Gasteiger partial charge on any atom is 0.224 e. The van der Waals surface area contributed by atoms with Crippen molar-refractivity contribution in [3.63, 3.8) is 0 Å². The first-order valence-corrected chi connectivity index (χ1v) is 7.83. The number of carbonyl (C=O) groups is 1. The molecule has 0 saturated heterocycles. The zero-order valence-electron chi connectivity index (χ0n) is 13.7. The Morgan fingerprint density at radius 2 is 1.70 bits per heavy atom. The fraction of sp³-hybridized carbons (Fsp3) is 0.316. The molecule has 0 spiro atoms. The molecule has 3 N–H and O–H groups in total. The highest BCUT2D eigenvalue weighted by molar-refractivity contribution is 5.78. The van der Waals surface area contributed by atoms with Crippen LogP contribution in [0.5, 0.6) is 5.75 Å². The lowest BCUT2D eigenvalue weighted by atomic mass is 10.1. The van der Waals surface area contributed by atoms with Crippen molar-refractivity contribution < 1.29 is 9.53 Å². The summed E-state index contributed by atoms with van der Waals surface area (Å²) in [5, 5.41) is 3.04. The zero-order chi connectivity index (χ0) is 16.7. The van der Waals surface area contributed by atoms with E-state index < -0.39 is 0 Å². The lowest BCUT2D eigenvalue weighted by Crippen LogP contribution is -2.34. The average molecular weight is 312 g/mol. The van der Waals surface area contributed by atoms with E-state index in [9.17, 15) is 4.79 Å². The van der Waals surface area contributed by atoms with E-state index in [-0.39, 0.29) is 11.9 Å². The number of methoxy groups -OCH3 is 1. The number of nitrogens with two attached hydrogens (primary N) is 1. The fourth-order valence-corrected chi connectivity index (χ4v) is 2.39. The van der Waals surface area contributed by atoms with Crippen molar-refractivity contribution in [2.45, 2.75) is 32.2 Å². The van der Waals surface area contributed by atoms with Crippen LogP contribution in [0.25, 0.3) is 0 Å². The van der Waals surface area contributed by atoms with E-state index in [0.717, 1.165) is 24.2 Å². The minimum Gasteiger partial charge on any atom is -0.497 e. The zero-order valence-corrected chi connectivity index (χ0v) is 13.7. The molecule has 23 heavy (non-hydrogen) atoms. The van der Waals surface area contributed by atoms with Gasteiger partial charge in [-0.05, 0) is 55.2 Å². The molecule has 1 unspecified atom stereocenters. The number of anilines is 1. The number of nitrogen functional groups attached to an aromatic ring is 1. The largest absolute Gasteiger partial charge is 0.497 e. The van der Waals surface area contributed by atoms with Gasteiger partial charge in [-0.25, -0.2) is 0 Å². The highest BCUT2D eigenvalue weighted by Gasteiger charge is 2.08. The first-order valence-electron chi connectivity index (χ1n) is 7.83. The van der Waals surface area contributed by atoms with Crippen LogP contribution in [-0.2, 0) is 17.6 Å². The first-order chi connectivity index (χ1) is 11.1. The van der Waals surface area contributed by atoms with Crippen LogP contribution in [0.2, 0.25) is 0 Å². The normalized spacial score (nSPS) is 11.7. The second kappa shape index (κ2) is 8.22. The molecule has 1 atom stereocenters. The molecule has 122 valence electrons. The van der Waals surface area contributed by atoms with Gasteiger partial charge in [-0.2, -0.15) is 0 Å². The number of carbonyl (C=O) groups excluding carboxylic acids is 1. The minimum absolute atomic E-state index is 0.0389. The lowest BCUT2D eigenvalue weighted by Gasteiger charge is -2.14. The van der Waals surface area contributed by atoms with Gasteiger partial charge in [0.1, 0.15) is 5.75 Å². The van der Waals surface area contributed by atoms with Crippen molar-refractivity contribution in [2.24, 2.45) is 0 Å². The van der Waals surface area contributed by atoms with Crippen LogP contribution in [0.4, 0.5) is 5.69 Å². The van der Waals surface area contributed by atoms with Crippen molar-refractivity contribution in [1.29, 1.82) is 0 Å². The van der Waals surface area contributed by atoms with Crippen LogP contribution in [0.3, 0.4) is 0 Å². The molecular formula is C19H24N2O2. The minimum atomic E-state index is 0.0389. The summed E-state index contributed by atoms with van der Waals surface area (Å²) in [6.07, 6.45) is 2.21. The Morgan fingerprint density at radius 1 is 1.09 bits per heavy atom. The third-order valence-electron chi connectivity index (χ3n) is 3.78. The highest BCUT2D eigenvalue weighted by Crippen LogP contribution is 2.13.